The van der Waals surface area contributed by atoms with E-state index in [0.717, 1.165) is 5.56 Å². The minimum Gasteiger partial charge on any atom is -0.456 e. The maximum absolute atomic E-state index is 12.2. The first-order chi connectivity index (χ1) is 8.29. The quantitative estimate of drug-likeness (QED) is 0.648. The Hall–Kier alpha value is -2.13. The minimum absolute atomic E-state index is 0.0358. The van der Waals surface area contributed by atoms with E-state index in [9.17, 15) is 4.79 Å². The van der Waals surface area contributed by atoms with E-state index in [4.69, 9.17) is 9.52 Å². The van der Waals surface area contributed by atoms with Crippen LogP contribution in [-0.2, 0) is 6.61 Å². The van der Waals surface area contributed by atoms with Gasteiger partial charge in [0.05, 0.1) is 17.4 Å². The molecule has 0 saturated carbocycles. The molecule has 84 valence electrons. The van der Waals surface area contributed by atoms with Crippen LogP contribution in [0.3, 0.4) is 0 Å². The highest BCUT2D eigenvalue weighted by Crippen LogP contribution is 2.19. The molecule has 0 amide bonds. The Balaban J connectivity index is 2.50. The first-order valence-corrected chi connectivity index (χ1v) is 5.35. The molecule has 0 fully saturated rings. The van der Waals surface area contributed by atoms with Crippen LogP contribution in [0.1, 0.15) is 5.56 Å². The summed E-state index contributed by atoms with van der Waals surface area (Å²) in [5.74, 6) is 0. The van der Waals surface area contributed by atoms with Crippen molar-refractivity contribution in [2.75, 3.05) is 0 Å². The van der Waals surface area contributed by atoms with Gasteiger partial charge in [0.2, 0.25) is 5.43 Å². The van der Waals surface area contributed by atoms with E-state index < -0.39 is 0 Å². The van der Waals surface area contributed by atoms with Gasteiger partial charge in [-0.1, -0.05) is 18.2 Å². The van der Waals surface area contributed by atoms with Gasteiger partial charge in [0.15, 0.2) is 0 Å². The third-order valence-electron chi connectivity index (χ3n) is 2.82. The normalized spacial score (nSPS) is 11.1. The first-order valence-electron chi connectivity index (χ1n) is 5.35. The molecule has 0 radical (unpaired) electrons. The van der Waals surface area contributed by atoms with Gasteiger partial charge in [0, 0.05) is 0 Å². The van der Waals surface area contributed by atoms with Crippen molar-refractivity contribution in [3.05, 3.63) is 58.3 Å². The number of rotatable bonds is 1. The molecule has 0 atom stereocenters. The van der Waals surface area contributed by atoms with Gasteiger partial charge >= 0.3 is 0 Å². The molecule has 1 aromatic heterocycles. The summed E-state index contributed by atoms with van der Waals surface area (Å²) in [7, 11) is 0. The topological polar surface area (TPSA) is 50.4 Å². The fraction of sp³-hybridized carbons (Fsp3) is 0.0714. The summed E-state index contributed by atoms with van der Waals surface area (Å²) < 4.78 is 5.66. The fourth-order valence-electron chi connectivity index (χ4n) is 1.94. The first kappa shape index (κ1) is 10.1. The smallest absolute Gasteiger partial charge is 0.200 e. The number of fused-ring (bicyclic) bond motifs is 2. The van der Waals surface area contributed by atoms with Gasteiger partial charge in [-0.05, 0) is 29.8 Å². The van der Waals surface area contributed by atoms with Crippen LogP contribution in [0.4, 0.5) is 0 Å². The molecule has 0 aliphatic rings. The molecule has 0 aliphatic carbocycles. The molecule has 0 spiro atoms. The maximum Gasteiger partial charge on any atom is 0.200 e. The Kier molecular flexibility index (Phi) is 2.20. The van der Waals surface area contributed by atoms with E-state index in [1.165, 1.54) is 0 Å². The third-order valence-corrected chi connectivity index (χ3v) is 2.82. The van der Waals surface area contributed by atoms with Gasteiger partial charge in [0.25, 0.3) is 0 Å². The monoisotopic (exact) mass is 226 g/mol. The van der Waals surface area contributed by atoms with Crippen LogP contribution >= 0.6 is 0 Å². The van der Waals surface area contributed by atoms with Gasteiger partial charge in [-0.3, -0.25) is 4.79 Å². The van der Waals surface area contributed by atoms with Crippen molar-refractivity contribution < 1.29 is 9.52 Å². The van der Waals surface area contributed by atoms with Crippen LogP contribution in [-0.4, -0.2) is 5.11 Å². The molecule has 2 aromatic carbocycles. The SMILES string of the molecule is O=c1c2ccccc2oc2cc(CO)ccc12. The molecule has 0 bridgehead atoms. The van der Waals surface area contributed by atoms with Crippen molar-refractivity contribution in [1.82, 2.24) is 0 Å². The minimum atomic E-state index is -0.0630. The average molecular weight is 226 g/mol. The van der Waals surface area contributed by atoms with E-state index in [1.807, 2.05) is 12.1 Å². The molecule has 3 nitrogen and oxygen atoms in total. The predicted molar refractivity (Wildman–Crippen MR) is 65.9 cm³/mol. The van der Waals surface area contributed by atoms with E-state index in [1.54, 1.807) is 30.3 Å². The number of benzene rings is 2. The molecule has 3 heteroatoms. The molecule has 3 aromatic rings. The van der Waals surface area contributed by atoms with Gasteiger partial charge in [0.1, 0.15) is 11.2 Å². The Morgan fingerprint density at radius 3 is 2.59 bits per heavy atom. The lowest BCUT2D eigenvalue weighted by atomic mass is 10.1. The Bertz CT molecular complexity index is 756. The largest absolute Gasteiger partial charge is 0.456 e. The van der Waals surface area contributed by atoms with Crippen molar-refractivity contribution in [3.63, 3.8) is 0 Å². The zero-order valence-electron chi connectivity index (χ0n) is 9.01. The number of hydrogen-bond acceptors (Lipinski definition) is 3. The highest BCUT2D eigenvalue weighted by molar-refractivity contribution is 5.89. The maximum atomic E-state index is 12.2. The lowest BCUT2D eigenvalue weighted by Crippen LogP contribution is -2.02. The molecular weight excluding hydrogens is 216 g/mol. The summed E-state index contributed by atoms with van der Waals surface area (Å²) in [5, 5.41) is 10.2. The summed E-state index contributed by atoms with van der Waals surface area (Å²) >= 11 is 0. The van der Waals surface area contributed by atoms with E-state index in [-0.39, 0.29) is 12.0 Å². The summed E-state index contributed by atoms with van der Waals surface area (Å²) in [4.78, 5) is 12.2. The predicted octanol–water partition coefficient (Wildman–Crippen LogP) is 2.44. The summed E-state index contributed by atoms with van der Waals surface area (Å²) in [5.41, 5.74) is 1.78. The molecule has 17 heavy (non-hydrogen) atoms. The van der Waals surface area contributed by atoms with Gasteiger partial charge in [-0.2, -0.15) is 0 Å². The van der Waals surface area contributed by atoms with Crippen LogP contribution < -0.4 is 5.43 Å². The molecule has 0 saturated heterocycles. The van der Waals surface area contributed by atoms with Gasteiger partial charge in [-0.15, -0.1) is 0 Å². The molecule has 1 heterocycles. The van der Waals surface area contributed by atoms with Gasteiger partial charge < -0.3 is 9.52 Å². The second-order valence-electron chi connectivity index (χ2n) is 3.92. The van der Waals surface area contributed by atoms with Crippen molar-refractivity contribution in [1.29, 1.82) is 0 Å². The highest BCUT2D eigenvalue weighted by atomic mass is 16.3. The lowest BCUT2D eigenvalue weighted by Gasteiger charge is -2.02. The molecule has 0 aliphatic heterocycles. The van der Waals surface area contributed by atoms with Crippen molar-refractivity contribution >= 4 is 21.9 Å². The van der Waals surface area contributed by atoms with Crippen molar-refractivity contribution in [2.24, 2.45) is 0 Å². The number of para-hydroxylation sites is 1. The fourth-order valence-corrected chi connectivity index (χ4v) is 1.94. The van der Waals surface area contributed by atoms with Crippen LogP contribution in [0.25, 0.3) is 21.9 Å². The highest BCUT2D eigenvalue weighted by Gasteiger charge is 2.07. The number of aliphatic hydroxyl groups excluding tert-OH is 1. The standard InChI is InChI=1S/C14H10O3/c15-8-9-5-6-11-13(7-9)17-12-4-2-1-3-10(12)14(11)16/h1-7,15H,8H2. The Morgan fingerprint density at radius 2 is 1.76 bits per heavy atom. The summed E-state index contributed by atoms with van der Waals surface area (Å²) in [6.45, 7) is -0.0630. The van der Waals surface area contributed by atoms with Crippen LogP contribution in [0.5, 0.6) is 0 Å². The third kappa shape index (κ3) is 1.52. The van der Waals surface area contributed by atoms with Gasteiger partial charge in [-0.25, -0.2) is 0 Å². The average Bonchev–Trinajstić information content (AvgIpc) is 2.38. The Morgan fingerprint density at radius 1 is 1.00 bits per heavy atom. The van der Waals surface area contributed by atoms with E-state index >= 15 is 0 Å². The second kappa shape index (κ2) is 3.71. The van der Waals surface area contributed by atoms with Crippen molar-refractivity contribution in [2.45, 2.75) is 6.61 Å². The Labute approximate surface area is 96.9 Å². The summed E-state index contributed by atoms with van der Waals surface area (Å²) in [6, 6.07) is 12.3. The van der Waals surface area contributed by atoms with Crippen LogP contribution in [0.2, 0.25) is 0 Å². The zero-order chi connectivity index (χ0) is 11.8. The molecular formula is C14H10O3. The summed E-state index contributed by atoms with van der Waals surface area (Å²) in [6.07, 6.45) is 0. The molecule has 0 unspecified atom stereocenters. The van der Waals surface area contributed by atoms with E-state index in [0.29, 0.717) is 21.9 Å². The second-order valence-corrected chi connectivity index (χ2v) is 3.92. The number of aliphatic hydroxyl groups is 1. The van der Waals surface area contributed by atoms with Crippen LogP contribution in [0.15, 0.2) is 51.7 Å². The van der Waals surface area contributed by atoms with Crippen molar-refractivity contribution in [3.8, 4) is 0 Å². The van der Waals surface area contributed by atoms with E-state index in [2.05, 4.69) is 0 Å². The molecule has 1 N–H and O–H groups in total. The zero-order valence-corrected chi connectivity index (χ0v) is 9.01. The van der Waals surface area contributed by atoms with Crippen LogP contribution in [0, 0.1) is 0 Å². The number of hydrogen-bond donors (Lipinski definition) is 1. The molecule has 3 rings (SSSR count). The lowest BCUT2D eigenvalue weighted by molar-refractivity contribution is 0.282.